The molecular weight excluding hydrogens is 501 g/mol. The lowest BCUT2D eigenvalue weighted by atomic mass is 10.0. The number of alkyl halides is 2. The van der Waals surface area contributed by atoms with Crippen LogP contribution < -0.4 is 5.56 Å². The number of rotatable bonds is 4. The second-order valence-corrected chi connectivity index (χ2v) is 9.03. The van der Waals surface area contributed by atoms with Crippen LogP contribution in [-0.4, -0.2) is 23.5 Å². The first-order valence-corrected chi connectivity index (χ1v) is 11.7. The van der Waals surface area contributed by atoms with Crippen molar-refractivity contribution in [2.24, 2.45) is 0 Å². The van der Waals surface area contributed by atoms with Gasteiger partial charge in [0.1, 0.15) is 0 Å². The highest BCUT2D eigenvalue weighted by Gasteiger charge is 2.29. The predicted octanol–water partition coefficient (Wildman–Crippen LogP) is 5.55. The van der Waals surface area contributed by atoms with Crippen LogP contribution in [0.15, 0.2) is 53.6 Å². The zero-order chi connectivity index (χ0) is 26.6. The number of benzene rings is 1. The van der Waals surface area contributed by atoms with Gasteiger partial charge >= 0.3 is 0 Å². The summed E-state index contributed by atoms with van der Waals surface area (Å²) in [5.74, 6) is -4.00. The van der Waals surface area contributed by atoms with Gasteiger partial charge in [0, 0.05) is 42.7 Å². The van der Waals surface area contributed by atoms with Crippen LogP contribution in [0.4, 0.5) is 13.2 Å². The Labute approximate surface area is 213 Å². The van der Waals surface area contributed by atoms with E-state index in [1.807, 2.05) is 13.8 Å². The molecule has 0 aliphatic heterocycles. The Morgan fingerprint density at radius 2 is 1.86 bits per heavy atom. The highest BCUT2D eigenvalue weighted by atomic mass is 32.1. The second-order valence-electron chi connectivity index (χ2n) is 8.66. The molecular formula is C26H19F3N6OS. The van der Waals surface area contributed by atoms with E-state index in [0.29, 0.717) is 30.2 Å². The molecule has 5 rings (SSSR count). The summed E-state index contributed by atoms with van der Waals surface area (Å²) in [6.45, 7) is 4.34. The van der Waals surface area contributed by atoms with E-state index >= 15 is 4.39 Å². The summed E-state index contributed by atoms with van der Waals surface area (Å²) in [7, 11) is 0. The van der Waals surface area contributed by atoms with Gasteiger partial charge in [-0.1, -0.05) is 6.92 Å². The van der Waals surface area contributed by atoms with Gasteiger partial charge in [0.05, 0.1) is 28.5 Å². The van der Waals surface area contributed by atoms with Crippen LogP contribution in [0.3, 0.4) is 0 Å². The number of hydrogen-bond acceptors (Lipinski definition) is 5. The van der Waals surface area contributed by atoms with Crippen LogP contribution in [0.2, 0.25) is 0 Å². The summed E-state index contributed by atoms with van der Waals surface area (Å²) in [4.78, 5) is 21.4. The second kappa shape index (κ2) is 8.67. The molecule has 0 aliphatic rings. The number of nitrogens with zero attached hydrogens (tertiary/aromatic N) is 6. The molecule has 4 aromatic heterocycles. The zero-order valence-corrected chi connectivity index (χ0v) is 20.8. The Balaban J connectivity index is 1.86. The number of nitriles is 1. The van der Waals surface area contributed by atoms with Gasteiger partial charge in [-0.05, 0) is 55.4 Å². The Kier molecular flexibility index (Phi) is 5.72. The maximum atomic E-state index is 15.3. The van der Waals surface area contributed by atoms with Crippen molar-refractivity contribution in [3.8, 4) is 17.4 Å². The number of halogens is 3. The Morgan fingerprint density at radius 3 is 2.54 bits per heavy atom. The maximum absolute atomic E-state index is 15.3. The van der Waals surface area contributed by atoms with E-state index in [-0.39, 0.29) is 27.4 Å². The summed E-state index contributed by atoms with van der Waals surface area (Å²) in [5, 5.41) is 9.33. The van der Waals surface area contributed by atoms with E-state index in [1.165, 1.54) is 45.7 Å². The lowest BCUT2D eigenvalue weighted by Gasteiger charge is -2.14. The summed E-state index contributed by atoms with van der Waals surface area (Å²) < 4.78 is 48.2. The van der Waals surface area contributed by atoms with Gasteiger partial charge in [-0.25, -0.2) is 23.1 Å². The molecule has 11 heteroatoms. The van der Waals surface area contributed by atoms with Crippen molar-refractivity contribution < 1.29 is 13.2 Å². The third kappa shape index (κ3) is 3.90. The average molecular weight is 521 g/mol. The fraction of sp³-hybridized carbons (Fsp3) is 0.192. The predicted molar refractivity (Wildman–Crippen MR) is 135 cm³/mol. The number of hydrogen-bond donors (Lipinski definition) is 0. The molecule has 37 heavy (non-hydrogen) atoms. The highest BCUT2D eigenvalue weighted by molar-refractivity contribution is 7.71. The topological polar surface area (TPSA) is 80.9 Å². The molecule has 0 spiro atoms. The van der Waals surface area contributed by atoms with Gasteiger partial charge in [-0.2, -0.15) is 5.26 Å². The van der Waals surface area contributed by atoms with Crippen LogP contribution in [-0.2, 0) is 12.3 Å². The van der Waals surface area contributed by atoms with Crippen LogP contribution in [0.25, 0.3) is 28.2 Å². The van der Waals surface area contributed by atoms with E-state index in [4.69, 9.17) is 12.2 Å². The first-order chi connectivity index (χ1) is 17.5. The molecule has 7 nitrogen and oxygen atoms in total. The molecule has 0 bridgehead atoms. The lowest BCUT2D eigenvalue weighted by molar-refractivity contribution is 0.0172. The summed E-state index contributed by atoms with van der Waals surface area (Å²) in [6, 6.07) is 10.1. The Morgan fingerprint density at radius 1 is 1.11 bits per heavy atom. The van der Waals surface area contributed by atoms with Crippen molar-refractivity contribution in [1.82, 2.24) is 23.5 Å². The van der Waals surface area contributed by atoms with Crippen molar-refractivity contribution in [2.45, 2.75) is 33.1 Å². The summed E-state index contributed by atoms with van der Waals surface area (Å²) in [6.07, 6.45) is 3.46. The quantitative estimate of drug-likeness (QED) is 0.291. The average Bonchev–Trinajstić information content (AvgIpc) is 3.16. The van der Waals surface area contributed by atoms with Crippen LogP contribution >= 0.6 is 12.2 Å². The van der Waals surface area contributed by atoms with Crippen LogP contribution in [0.5, 0.6) is 0 Å². The van der Waals surface area contributed by atoms with Crippen molar-refractivity contribution in [1.29, 1.82) is 5.26 Å². The molecule has 5 aromatic rings. The first-order valence-electron chi connectivity index (χ1n) is 11.3. The van der Waals surface area contributed by atoms with Gasteiger partial charge in [0.2, 0.25) is 0 Å². The molecule has 0 saturated heterocycles. The molecule has 0 saturated carbocycles. The summed E-state index contributed by atoms with van der Waals surface area (Å²) in [5.41, 5.74) is 1.36. The molecule has 0 atom stereocenters. The molecule has 1 aromatic carbocycles. The SMILES string of the molecule is CCc1cc(=O)n2cc(-n3c(=S)n(-c4ccc(C#N)c(C(C)(F)F)c4)c4nccc(C)c43)cc(F)c2n1. The fourth-order valence-corrected chi connectivity index (χ4v) is 4.75. The normalized spacial score (nSPS) is 11.8. The number of imidazole rings is 1. The molecule has 0 unspecified atom stereocenters. The first kappa shape index (κ1) is 24.4. The minimum Gasteiger partial charge on any atom is -0.281 e. The zero-order valence-electron chi connectivity index (χ0n) is 20.0. The van der Waals surface area contributed by atoms with Crippen LogP contribution in [0, 0.1) is 28.8 Å². The van der Waals surface area contributed by atoms with E-state index in [2.05, 4.69) is 9.97 Å². The molecule has 4 heterocycles. The van der Waals surface area contributed by atoms with Crippen LogP contribution in [0.1, 0.15) is 36.2 Å². The van der Waals surface area contributed by atoms with E-state index in [1.54, 1.807) is 18.3 Å². The molecule has 0 N–H and O–H groups in total. The Bertz CT molecular complexity index is 1890. The standard InChI is InChI=1S/C26H19F3N6OS/c1-4-16-9-21(36)33-13-18(11-20(27)23(33)32-16)34-22-14(2)7-8-31-24(22)35(25(34)37)17-6-5-15(12-30)19(10-17)26(3,28)29/h5-11,13H,4H2,1-3H3. The molecule has 0 aliphatic carbocycles. The van der Waals surface area contributed by atoms with Gasteiger partial charge in [0.15, 0.2) is 21.9 Å². The largest absolute Gasteiger partial charge is 0.281 e. The molecule has 186 valence electrons. The van der Waals surface area contributed by atoms with Gasteiger partial charge in [-0.3, -0.25) is 18.3 Å². The minimum absolute atomic E-state index is 0.108. The highest BCUT2D eigenvalue weighted by Crippen LogP contribution is 2.33. The number of fused-ring (bicyclic) bond motifs is 2. The number of aryl methyl sites for hydroxylation is 2. The monoisotopic (exact) mass is 520 g/mol. The summed E-state index contributed by atoms with van der Waals surface area (Å²) >= 11 is 5.76. The number of pyridine rings is 2. The third-order valence-electron chi connectivity index (χ3n) is 6.15. The molecule has 0 fully saturated rings. The number of aromatic nitrogens is 5. The molecule has 0 radical (unpaired) electrons. The fourth-order valence-electron chi connectivity index (χ4n) is 4.37. The van der Waals surface area contributed by atoms with E-state index in [9.17, 15) is 18.8 Å². The third-order valence-corrected chi connectivity index (χ3v) is 6.52. The maximum Gasteiger partial charge on any atom is 0.271 e. The van der Waals surface area contributed by atoms with Gasteiger partial charge in [0.25, 0.3) is 11.5 Å². The van der Waals surface area contributed by atoms with E-state index < -0.39 is 22.9 Å². The van der Waals surface area contributed by atoms with Crippen molar-refractivity contribution in [3.05, 3.63) is 92.1 Å². The Hall–Kier alpha value is -4.30. The van der Waals surface area contributed by atoms with Crippen molar-refractivity contribution in [3.63, 3.8) is 0 Å². The van der Waals surface area contributed by atoms with Crippen molar-refractivity contribution >= 4 is 29.0 Å². The van der Waals surface area contributed by atoms with Gasteiger partial charge < -0.3 is 0 Å². The smallest absolute Gasteiger partial charge is 0.271 e. The lowest BCUT2D eigenvalue weighted by Crippen LogP contribution is -2.17. The minimum atomic E-state index is -3.28. The van der Waals surface area contributed by atoms with Gasteiger partial charge in [-0.15, -0.1) is 0 Å². The molecule has 0 amide bonds. The van der Waals surface area contributed by atoms with Crippen molar-refractivity contribution in [2.75, 3.05) is 0 Å². The van der Waals surface area contributed by atoms with E-state index in [0.717, 1.165) is 9.96 Å².